The molecule has 0 radical (unpaired) electrons. The fourth-order valence-electron chi connectivity index (χ4n) is 3.67. The number of fused-ring (bicyclic) bond motifs is 1. The Balaban J connectivity index is 1.44. The quantitative estimate of drug-likeness (QED) is 0.863. The van der Waals surface area contributed by atoms with Crippen LogP contribution in [-0.2, 0) is 6.54 Å². The van der Waals surface area contributed by atoms with Crippen molar-refractivity contribution in [3.05, 3.63) is 70.8 Å². The van der Waals surface area contributed by atoms with Crippen molar-refractivity contribution in [1.82, 2.24) is 10.2 Å². The molecule has 1 heterocycles. The molecule has 2 aromatic rings. The molecule has 132 valence electrons. The Morgan fingerprint density at radius 2 is 1.50 bits per heavy atom. The van der Waals surface area contributed by atoms with Gasteiger partial charge in [0.1, 0.15) is 0 Å². The van der Waals surface area contributed by atoms with Crippen LogP contribution in [0.15, 0.2) is 48.5 Å². The highest BCUT2D eigenvalue weighted by Gasteiger charge is 2.34. The summed E-state index contributed by atoms with van der Waals surface area (Å²) in [7, 11) is 0. The molecule has 1 aliphatic heterocycles. The van der Waals surface area contributed by atoms with E-state index in [1.165, 1.54) is 17.7 Å². The van der Waals surface area contributed by atoms with E-state index in [4.69, 9.17) is 0 Å². The molecule has 2 aliphatic rings. The summed E-state index contributed by atoms with van der Waals surface area (Å²) < 4.78 is 0. The van der Waals surface area contributed by atoms with Crippen molar-refractivity contribution < 1.29 is 14.4 Å². The number of carbonyl (C=O) groups excluding carboxylic acids is 3. The van der Waals surface area contributed by atoms with Crippen molar-refractivity contribution in [2.75, 3.05) is 0 Å². The van der Waals surface area contributed by atoms with E-state index in [1.807, 2.05) is 0 Å². The van der Waals surface area contributed by atoms with Gasteiger partial charge in [0.2, 0.25) is 0 Å². The predicted molar refractivity (Wildman–Crippen MR) is 96.8 cm³/mol. The normalized spacial score (nSPS) is 16.8. The summed E-state index contributed by atoms with van der Waals surface area (Å²) in [5.74, 6) is -0.605. The van der Waals surface area contributed by atoms with E-state index >= 15 is 0 Å². The maximum absolute atomic E-state index is 12.4. The van der Waals surface area contributed by atoms with Gasteiger partial charge in [-0.25, -0.2) is 0 Å². The number of rotatable bonds is 4. The molecule has 1 aliphatic carbocycles. The second-order valence-electron chi connectivity index (χ2n) is 6.89. The van der Waals surface area contributed by atoms with Crippen molar-refractivity contribution >= 4 is 17.7 Å². The average Bonchev–Trinajstić information content (AvgIpc) is 3.25. The number of amides is 3. The zero-order chi connectivity index (χ0) is 18.1. The van der Waals surface area contributed by atoms with Crippen molar-refractivity contribution in [1.29, 1.82) is 0 Å². The Bertz CT molecular complexity index is 832. The summed E-state index contributed by atoms with van der Waals surface area (Å²) >= 11 is 0. The predicted octanol–water partition coefficient (Wildman–Crippen LogP) is 3.16. The zero-order valence-corrected chi connectivity index (χ0v) is 14.4. The minimum Gasteiger partial charge on any atom is -0.349 e. The number of hydrogen-bond donors (Lipinski definition) is 1. The monoisotopic (exact) mass is 348 g/mol. The topological polar surface area (TPSA) is 66.5 Å². The third kappa shape index (κ3) is 3.01. The lowest BCUT2D eigenvalue weighted by molar-refractivity contribution is 0.0641. The summed E-state index contributed by atoms with van der Waals surface area (Å²) in [4.78, 5) is 38.4. The molecule has 4 rings (SSSR count). The van der Waals surface area contributed by atoms with Crippen molar-refractivity contribution in [3.8, 4) is 0 Å². The Kier molecular flexibility index (Phi) is 4.29. The number of benzene rings is 2. The smallest absolute Gasteiger partial charge is 0.261 e. The second-order valence-corrected chi connectivity index (χ2v) is 6.89. The van der Waals surface area contributed by atoms with Crippen LogP contribution in [0.25, 0.3) is 0 Å². The fraction of sp³-hybridized carbons (Fsp3) is 0.286. The van der Waals surface area contributed by atoms with Gasteiger partial charge < -0.3 is 5.32 Å². The number of hydrogen-bond acceptors (Lipinski definition) is 3. The molecule has 1 fully saturated rings. The molecule has 2 aromatic carbocycles. The highest BCUT2D eigenvalue weighted by Crippen LogP contribution is 2.24. The number of carbonyl (C=O) groups is 3. The lowest BCUT2D eigenvalue weighted by Crippen LogP contribution is -2.32. The first kappa shape index (κ1) is 16.5. The summed E-state index contributed by atoms with van der Waals surface area (Å²) in [6.07, 6.45) is 4.43. The minimum atomic E-state index is -0.270. The fourth-order valence-corrected chi connectivity index (χ4v) is 3.67. The van der Waals surface area contributed by atoms with Gasteiger partial charge in [0, 0.05) is 11.6 Å². The Hall–Kier alpha value is -2.95. The standard InChI is InChI=1S/C21H20N2O3/c24-19(22-16-5-1-2-6-16)15-11-9-14(10-12-15)13-23-20(25)17-7-3-4-8-18(17)21(23)26/h3-4,7-12,16H,1-2,5-6,13H2,(H,22,24). The van der Waals surface area contributed by atoms with Crippen LogP contribution in [0.2, 0.25) is 0 Å². The number of nitrogens with one attached hydrogen (secondary N) is 1. The van der Waals surface area contributed by atoms with Gasteiger partial charge in [0.05, 0.1) is 17.7 Å². The third-order valence-corrected chi connectivity index (χ3v) is 5.13. The second kappa shape index (κ2) is 6.75. The Morgan fingerprint density at radius 3 is 2.08 bits per heavy atom. The van der Waals surface area contributed by atoms with Crippen LogP contribution in [0, 0.1) is 0 Å². The van der Waals surface area contributed by atoms with Crippen LogP contribution in [0.3, 0.4) is 0 Å². The first-order valence-corrected chi connectivity index (χ1v) is 8.98. The van der Waals surface area contributed by atoms with Gasteiger partial charge in [-0.05, 0) is 42.7 Å². The van der Waals surface area contributed by atoms with Gasteiger partial charge >= 0.3 is 0 Å². The largest absolute Gasteiger partial charge is 0.349 e. The van der Waals surface area contributed by atoms with Crippen LogP contribution in [0.4, 0.5) is 0 Å². The molecule has 3 amide bonds. The van der Waals surface area contributed by atoms with E-state index in [-0.39, 0.29) is 30.3 Å². The first-order chi connectivity index (χ1) is 12.6. The Labute approximate surface area is 152 Å². The molecule has 1 N–H and O–H groups in total. The third-order valence-electron chi connectivity index (χ3n) is 5.13. The highest BCUT2D eigenvalue weighted by molar-refractivity contribution is 6.21. The Morgan fingerprint density at radius 1 is 0.923 bits per heavy atom. The van der Waals surface area contributed by atoms with Gasteiger partial charge in [-0.15, -0.1) is 0 Å². The van der Waals surface area contributed by atoms with E-state index in [9.17, 15) is 14.4 Å². The lowest BCUT2D eigenvalue weighted by atomic mass is 10.1. The summed E-state index contributed by atoms with van der Waals surface area (Å²) in [5, 5.41) is 3.06. The van der Waals surface area contributed by atoms with Gasteiger partial charge in [0.15, 0.2) is 0 Å². The molecule has 1 saturated carbocycles. The molecule has 0 unspecified atom stereocenters. The molecule has 0 bridgehead atoms. The van der Waals surface area contributed by atoms with Gasteiger partial charge in [-0.1, -0.05) is 37.1 Å². The molecule has 0 atom stereocenters. The molecule has 0 spiro atoms. The van der Waals surface area contributed by atoms with Crippen molar-refractivity contribution in [2.24, 2.45) is 0 Å². The molecule has 5 heteroatoms. The highest BCUT2D eigenvalue weighted by atomic mass is 16.2. The van der Waals surface area contributed by atoms with Crippen LogP contribution < -0.4 is 5.32 Å². The van der Waals surface area contributed by atoms with Crippen molar-refractivity contribution in [3.63, 3.8) is 0 Å². The first-order valence-electron chi connectivity index (χ1n) is 8.98. The van der Waals surface area contributed by atoms with Gasteiger partial charge in [0.25, 0.3) is 17.7 Å². The maximum Gasteiger partial charge on any atom is 0.261 e. The number of imide groups is 1. The van der Waals surface area contributed by atoms with E-state index in [1.54, 1.807) is 48.5 Å². The summed E-state index contributed by atoms with van der Waals surface area (Å²) in [6, 6.07) is 14.2. The van der Waals surface area contributed by atoms with Gasteiger partial charge in [-0.3, -0.25) is 19.3 Å². The summed E-state index contributed by atoms with van der Waals surface area (Å²) in [6.45, 7) is 0.205. The minimum absolute atomic E-state index is 0.0656. The van der Waals surface area contributed by atoms with Crippen LogP contribution >= 0.6 is 0 Å². The van der Waals surface area contributed by atoms with E-state index < -0.39 is 0 Å². The molecule has 26 heavy (non-hydrogen) atoms. The van der Waals surface area contributed by atoms with Crippen LogP contribution in [0.5, 0.6) is 0 Å². The SMILES string of the molecule is O=C(NC1CCCC1)c1ccc(CN2C(=O)c3ccccc3C2=O)cc1. The summed E-state index contributed by atoms with van der Waals surface area (Å²) in [5.41, 5.74) is 2.31. The molecule has 5 nitrogen and oxygen atoms in total. The van der Waals surface area contributed by atoms with Crippen molar-refractivity contribution in [2.45, 2.75) is 38.3 Å². The molecular weight excluding hydrogens is 328 g/mol. The van der Waals surface area contributed by atoms with E-state index in [0.29, 0.717) is 16.7 Å². The number of nitrogens with zero attached hydrogens (tertiary/aromatic N) is 1. The molecule has 0 saturated heterocycles. The molecule has 0 aromatic heterocycles. The van der Waals surface area contributed by atoms with Crippen LogP contribution in [-0.4, -0.2) is 28.7 Å². The zero-order valence-electron chi connectivity index (χ0n) is 14.4. The lowest BCUT2D eigenvalue weighted by Gasteiger charge is -2.15. The van der Waals surface area contributed by atoms with Crippen LogP contribution in [0.1, 0.15) is 62.3 Å². The molecular formula is C21H20N2O3. The maximum atomic E-state index is 12.4. The average molecular weight is 348 g/mol. The van der Waals surface area contributed by atoms with E-state index in [0.717, 1.165) is 18.4 Å². The van der Waals surface area contributed by atoms with Gasteiger partial charge in [-0.2, -0.15) is 0 Å². The van der Waals surface area contributed by atoms with E-state index in [2.05, 4.69) is 5.32 Å².